The normalized spacial score (nSPS) is 15.6. The fraction of sp³-hybridized carbons (Fsp3) is 0.261. The zero-order chi connectivity index (χ0) is 22.6. The third-order valence-corrected chi connectivity index (χ3v) is 6.12. The second-order valence-electron chi connectivity index (χ2n) is 7.52. The van der Waals surface area contributed by atoms with E-state index in [1.165, 1.54) is 0 Å². The van der Waals surface area contributed by atoms with Crippen LogP contribution in [0.1, 0.15) is 5.76 Å². The monoisotopic (exact) mass is 452 g/mol. The van der Waals surface area contributed by atoms with Crippen LogP contribution in [-0.2, 0) is 14.8 Å². The maximum absolute atomic E-state index is 11.4. The lowest BCUT2D eigenvalue weighted by atomic mass is 10.0. The summed E-state index contributed by atoms with van der Waals surface area (Å²) in [5.74, 6) is 0.808. The van der Waals surface area contributed by atoms with Gasteiger partial charge in [0, 0.05) is 43.5 Å². The molecule has 0 unspecified atom stereocenters. The summed E-state index contributed by atoms with van der Waals surface area (Å²) in [6.07, 6.45) is 1.12. The summed E-state index contributed by atoms with van der Waals surface area (Å²) in [4.78, 5) is 1.84. The SMILES string of the molecule is N#C/C(=C\c1ccc(-c2ccc3cc(NCCN4CCOCC4)ccc3c2)o1)S(N)(=O)=O. The Morgan fingerprint density at radius 1 is 1.12 bits per heavy atom. The van der Waals surface area contributed by atoms with E-state index >= 15 is 0 Å². The highest BCUT2D eigenvalue weighted by molar-refractivity contribution is 7.93. The van der Waals surface area contributed by atoms with Crippen LogP contribution in [0.5, 0.6) is 0 Å². The zero-order valence-corrected chi connectivity index (χ0v) is 18.3. The number of fused-ring (bicyclic) bond motifs is 1. The molecule has 4 rings (SSSR count). The molecule has 0 aliphatic carbocycles. The molecule has 1 aromatic heterocycles. The molecule has 0 amide bonds. The number of sulfonamides is 1. The molecular weight excluding hydrogens is 428 g/mol. The lowest BCUT2D eigenvalue weighted by molar-refractivity contribution is 0.0398. The average molecular weight is 453 g/mol. The first-order valence-corrected chi connectivity index (χ1v) is 11.8. The number of allylic oxidation sites excluding steroid dienone is 1. The van der Waals surface area contributed by atoms with Gasteiger partial charge in [0.15, 0.2) is 4.91 Å². The number of nitrogens with one attached hydrogen (secondary N) is 1. The smallest absolute Gasteiger partial charge is 0.248 e. The van der Waals surface area contributed by atoms with E-state index in [-0.39, 0.29) is 5.76 Å². The van der Waals surface area contributed by atoms with Crippen LogP contribution in [0.4, 0.5) is 5.69 Å². The molecule has 0 radical (unpaired) electrons. The maximum atomic E-state index is 11.4. The van der Waals surface area contributed by atoms with Crippen LogP contribution in [0.15, 0.2) is 57.9 Å². The van der Waals surface area contributed by atoms with Gasteiger partial charge in [-0.3, -0.25) is 4.90 Å². The molecule has 2 aromatic carbocycles. The van der Waals surface area contributed by atoms with Crippen molar-refractivity contribution in [2.45, 2.75) is 0 Å². The summed E-state index contributed by atoms with van der Waals surface area (Å²) >= 11 is 0. The molecule has 1 fully saturated rings. The van der Waals surface area contributed by atoms with Crippen molar-refractivity contribution in [3.05, 3.63) is 59.2 Å². The van der Waals surface area contributed by atoms with Crippen LogP contribution >= 0.6 is 0 Å². The van der Waals surface area contributed by atoms with E-state index in [1.54, 1.807) is 18.2 Å². The van der Waals surface area contributed by atoms with Gasteiger partial charge in [0.1, 0.15) is 17.6 Å². The molecule has 0 saturated carbocycles. The number of benzene rings is 2. The van der Waals surface area contributed by atoms with E-state index in [0.717, 1.165) is 67.5 Å². The molecule has 9 heteroatoms. The van der Waals surface area contributed by atoms with Crippen molar-refractivity contribution in [3.8, 4) is 17.4 Å². The number of nitriles is 1. The van der Waals surface area contributed by atoms with Gasteiger partial charge in [-0.1, -0.05) is 18.2 Å². The van der Waals surface area contributed by atoms with Crippen LogP contribution in [0.3, 0.4) is 0 Å². The Morgan fingerprint density at radius 3 is 2.62 bits per heavy atom. The first-order valence-electron chi connectivity index (χ1n) is 10.2. The predicted octanol–water partition coefficient (Wildman–Crippen LogP) is 3.00. The summed E-state index contributed by atoms with van der Waals surface area (Å²) in [7, 11) is -4.09. The molecule has 2 heterocycles. The van der Waals surface area contributed by atoms with Crippen molar-refractivity contribution in [2.75, 3.05) is 44.7 Å². The number of rotatable bonds is 7. The molecule has 0 bridgehead atoms. The second kappa shape index (κ2) is 9.54. The standard InChI is InChI=1S/C23H24N4O4S/c24-16-22(32(25,28)29)15-21-5-6-23(31-21)19-2-1-18-14-20(4-3-17(18)13-19)26-7-8-27-9-11-30-12-10-27/h1-6,13-15,26H,7-12H2,(H2,25,28,29)/b22-15+. The van der Waals surface area contributed by atoms with E-state index in [0.29, 0.717) is 5.76 Å². The summed E-state index contributed by atoms with van der Waals surface area (Å²) in [5, 5.41) is 19.6. The van der Waals surface area contributed by atoms with Crippen molar-refractivity contribution in [1.82, 2.24) is 4.90 Å². The minimum Gasteiger partial charge on any atom is -0.457 e. The van der Waals surface area contributed by atoms with Crippen LogP contribution < -0.4 is 10.5 Å². The molecule has 166 valence electrons. The lowest BCUT2D eigenvalue weighted by Crippen LogP contribution is -2.38. The average Bonchev–Trinajstić information content (AvgIpc) is 3.26. The molecule has 1 saturated heterocycles. The van der Waals surface area contributed by atoms with Gasteiger partial charge in [-0.2, -0.15) is 5.26 Å². The zero-order valence-electron chi connectivity index (χ0n) is 17.5. The van der Waals surface area contributed by atoms with Crippen LogP contribution in [0.25, 0.3) is 28.2 Å². The summed E-state index contributed by atoms with van der Waals surface area (Å²) < 4.78 is 33.9. The van der Waals surface area contributed by atoms with E-state index in [4.69, 9.17) is 19.6 Å². The van der Waals surface area contributed by atoms with Crippen molar-refractivity contribution in [2.24, 2.45) is 5.14 Å². The Balaban J connectivity index is 1.46. The van der Waals surface area contributed by atoms with Gasteiger partial charge in [-0.15, -0.1) is 0 Å². The Morgan fingerprint density at radius 2 is 1.88 bits per heavy atom. The quantitative estimate of drug-likeness (QED) is 0.529. The summed E-state index contributed by atoms with van der Waals surface area (Å²) in [5.41, 5.74) is 1.91. The van der Waals surface area contributed by atoms with Crippen LogP contribution in [-0.4, -0.2) is 52.7 Å². The maximum Gasteiger partial charge on any atom is 0.248 e. The molecule has 8 nitrogen and oxygen atoms in total. The van der Waals surface area contributed by atoms with E-state index in [9.17, 15) is 8.42 Å². The van der Waals surface area contributed by atoms with Gasteiger partial charge in [-0.25, -0.2) is 13.6 Å². The third-order valence-electron chi connectivity index (χ3n) is 5.30. The molecule has 1 aliphatic rings. The molecular formula is C23H24N4O4S. The highest BCUT2D eigenvalue weighted by Gasteiger charge is 2.13. The van der Waals surface area contributed by atoms with Gasteiger partial charge in [0.2, 0.25) is 10.0 Å². The van der Waals surface area contributed by atoms with Crippen LogP contribution in [0.2, 0.25) is 0 Å². The number of furan rings is 1. The second-order valence-corrected chi connectivity index (χ2v) is 9.05. The summed E-state index contributed by atoms with van der Waals surface area (Å²) in [6.45, 7) is 5.41. The minimum absolute atomic E-state index is 0.241. The van der Waals surface area contributed by atoms with E-state index in [1.807, 2.05) is 24.3 Å². The number of ether oxygens (including phenoxy) is 1. The largest absolute Gasteiger partial charge is 0.457 e. The van der Waals surface area contributed by atoms with Gasteiger partial charge in [-0.05, 0) is 41.1 Å². The number of anilines is 1. The van der Waals surface area contributed by atoms with Gasteiger partial charge in [0.05, 0.1) is 13.2 Å². The van der Waals surface area contributed by atoms with E-state index < -0.39 is 14.9 Å². The van der Waals surface area contributed by atoms with Gasteiger partial charge >= 0.3 is 0 Å². The number of hydrogen-bond acceptors (Lipinski definition) is 7. The topological polar surface area (TPSA) is 122 Å². The number of morpholine rings is 1. The molecule has 0 spiro atoms. The van der Waals surface area contributed by atoms with Crippen LogP contribution in [0, 0.1) is 11.3 Å². The molecule has 0 atom stereocenters. The molecule has 3 aromatic rings. The first kappa shape index (κ1) is 22.0. The minimum atomic E-state index is -4.09. The van der Waals surface area contributed by atoms with E-state index in [2.05, 4.69) is 22.3 Å². The highest BCUT2D eigenvalue weighted by atomic mass is 32.2. The number of primary sulfonamides is 1. The Bertz CT molecular complexity index is 1280. The van der Waals surface area contributed by atoms with Gasteiger partial charge in [0.25, 0.3) is 0 Å². The number of nitrogens with zero attached hydrogens (tertiary/aromatic N) is 2. The van der Waals surface area contributed by atoms with Crippen molar-refractivity contribution in [1.29, 1.82) is 5.26 Å². The Hall–Kier alpha value is -3.16. The lowest BCUT2D eigenvalue weighted by Gasteiger charge is -2.26. The fourth-order valence-electron chi connectivity index (χ4n) is 3.58. The van der Waals surface area contributed by atoms with Crippen molar-refractivity contribution < 1.29 is 17.6 Å². The predicted molar refractivity (Wildman–Crippen MR) is 124 cm³/mol. The molecule has 32 heavy (non-hydrogen) atoms. The Labute approximate surface area is 186 Å². The fourth-order valence-corrected chi connectivity index (χ4v) is 3.99. The van der Waals surface area contributed by atoms with Crippen molar-refractivity contribution >= 4 is 32.6 Å². The number of hydrogen-bond donors (Lipinski definition) is 2. The number of nitrogens with two attached hydrogens (primary N) is 1. The highest BCUT2D eigenvalue weighted by Crippen LogP contribution is 2.28. The molecule has 3 N–H and O–H groups in total. The van der Waals surface area contributed by atoms with Crippen molar-refractivity contribution in [3.63, 3.8) is 0 Å². The third kappa shape index (κ3) is 5.36. The van der Waals surface area contributed by atoms with Gasteiger partial charge < -0.3 is 14.5 Å². The Kier molecular flexibility index (Phi) is 6.58. The summed E-state index contributed by atoms with van der Waals surface area (Å²) in [6, 6.07) is 17.1. The first-order chi connectivity index (χ1) is 15.4. The molecule has 1 aliphatic heterocycles.